The number of carbonyl (C=O) groups is 2. The van der Waals surface area contributed by atoms with E-state index in [1.165, 1.54) is 0 Å². The van der Waals surface area contributed by atoms with E-state index in [0.29, 0.717) is 12.3 Å². The number of anilines is 1. The third-order valence-electron chi connectivity index (χ3n) is 2.22. The monoisotopic (exact) mass is 264 g/mol. The third-order valence-corrected chi connectivity index (χ3v) is 2.22. The Kier molecular flexibility index (Phi) is 5.85. The highest BCUT2D eigenvalue weighted by atomic mass is 16.5. The Balaban J connectivity index is 2.45. The van der Waals surface area contributed by atoms with Crippen molar-refractivity contribution in [2.24, 2.45) is 0 Å². The van der Waals surface area contributed by atoms with Gasteiger partial charge < -0.3 is 15.4 Å². The van der Waals surface area contributed by atoms with E-state index in [-0.39, 0.29) is 24.3 Å². The summed E-state index contributed by atoms with van der Waals surface area (Å²) in [6.45, 7) is 6.20. The average Bonchev–Trinajstić information content (AvgIpc) is 2.30. The molecule has 0 heterocycles. The molecule has 1 aromatic carbocycles. The number of hydrogen-bond donors (Lipinski definition) is 2. The minimum atomic E-state index is -0.331. The lowest BCUT2D eigenvalue weighted by Crippen LogP contribution is -2.33. The van der Waals surface area contributed by atoms with Crippen molar-refractivity contribution in [1.82, 2.24) is 5.32 Å². The minimum Gasteiger partial charge on any atom is -0.494 e. The Morgan fingerprint density at radius 1 is 1.16 bits per heavy atom. The maximum atomic E-state index is 11.6. The standard InChI is InChI=1S/C14H20N2O3/c1-4-19-12-7-5-11(6-8-12)16-14(18)9-13(17)15-10(2)3/h5-8,10H,4,9H2,1-3H3,(H,15,17)(H,16,18). The van der Waals surface area contributed by atoms with E-state index in [0.717, 1.165) is 5.75 Å². The third kappa shape index (κ3) is 5.90. The predicted molar refractivity (Wildman–Crippen MR) is 74.1 cm³/mol. The van der Waals surface area contributed by atoms with Crippen molar-refractivity contribution < 1.29 is 14.3 Å². The van der Waals surface area contributed by atoms with E-state index in [9.17, 15) is 9.59 Å². The summed E-state index contributed by atoms with van der Waals surface area (Å²) in [6, 6.07) is 7.05. The Bertz CT molecular complexity index is 427. The van der Waals surface area contributed by atoms with E-state index in [4.69, 9.17) is 4.74 Å². The van der Waals surface area contributed by atoms with Crippen LogP contribution in [-0.2, 0) is 9.59 Å². The van der Waals surface area contributed by atoms with Gasteiger partial charge in [0.2, 0.25) is 11.8 Å². The van der Waals surface area contributed by atoms with Gasteiger partial charge in [0.05, 0.1) is 6.61 Å². The van der Waals surface area contributed by atoms with Gasteiger partial charge in [-0.15, -0.1) is 0 Å². The van der Waals surface area contributed by atoms with E-state index in [2.05, 4.69) is 10.6 Å². The van der Waals surface area contributed by atoms with Gasteiger partial charge in [0, 0.05) is 11.7 Å². The van der Waals surface area contributed by atoms with Crippen LogP contribution in [0.1, 0.15) is 27.2 Å². The van der Waals surface area contributed by atoms with Crippen molar-refractivity contribution in [2.45, 2.75) is 33.2 Å². The first-order valence-electron chi connectivity index (χ1n) is 6.33. The zero-order chi connectivity index (χ0) is 14.3. The normalized spacial score (nSPS) is 10.1. The van der Waals surface area contributed by atoms with E-state index >= 15 is 0 Å². The molecule has 0 unspecified atom stereocenters. The molecule has 0 spiro atoms. The molecule has 0 radical (unpaired) electrons. The topological polar surface area (TPSA) is 67.4 Å². The summed E-state index contributed by atoms with van der Waals surface area (Å²) in [4.78, 5) is 23.0. The number of ether oxygens (including phenoxy) is 1. The molecule has 104 valence electrons. The van der Waals surface area contributed by atoms with Gasteiger partial charge in [0.25, 0.3) is 0 Å². The highest BCUT2D eigenvalue weighted by Crippen LogP contribution is 2.15. The first-order chi connectivity index (χ1) is 9.01. The number of rotatable bonds is 6. The largest absolute Gasteiger partial charge is 0.494 e. The highest BCUT2D eigenvalue weighted by Gasteiger charge is 2.10. The van der Waals surface area contributed by atoms with Crippen LogP contribution in [0.2, 0.25) is 0 Å². The van der Waals surface area contributed by atoms with Crippen LogP contribution in [0.3, 0.4) is 0 Å². The average molecular weight is 264 g/mol. The molecule has 2 N–H and O–H groups in total. The summed E-state index contributed by atoms with van der Waals surface area (Å²) in [7, 11) is 0. The van der Waals surface area contributed by atoms with E-state index in [1.807, 2.05) is 20.8 Å². The van der Waals surface area contributed by atoms with Gasteiger partial charge >= 0.3 is 0 Å². The fourth-order valence-electron chi connectivity index (χ4n) is 1.53. The zero-order valence-corrected chi connectivity index (χ0v) is 11.5. The second-order valence-electron chi connectivity index (χ2n) is 4.40. The Morgan fingerprint density at radius 3 is 2.32 bits per heavy atom. The van der Waals surface area contributed by atoms with Crippen LogP contribution in [0, 0.1) is 0 Å². The SMILES string of the molecule is CCOc1ccc(NC(=O)CC(=O)NC(C)C)cc1. The number of benzene rings is 1. The summed E-state index contributed by atoms with van der Waals surface area (Å²) in [5.74, 6) is 0.138. The van der Waals surface area contributed by atoms with Crippen molar-refractivity contribution >= 4 is 17.5 Å². The lowest BCUT2D eigenvalue weighted by molar-refractivity contribution is -0.127. The van der Waals surface area contributed by atoms with Gasteiger partial charge in [-0.1, -0.05) is 0 Å². The highest BCUT2D eigenvalue weighted by molar-refractivity contribution is 6.03. The number of nitrogens with one attached hydrogen (secondary N) is 2. The molecule has 0 aliphatic carbocycles. The molecule has 2 amide bonds. The number of amides is 2. The lowest BCUT2D eigenvalue weighted by Gasteiger charge is -2.09. The molecule has 0 aliphatic heterocycles. The van der Waals surface area contributed by atoms with Gasteiger partial charge in [-0.2, -0.15) is 0 Å². The molecule has 0 aliphatic rings. The Morgan fingerprint density at radius 2 is 1.79 bits per heavy atom. The molecule has 1 aromatic rings. The minimum absolute atomic E-state index is 0.0331. The molecule has 0 fully saturated rings. The number of carbonyl (C=O) groups excluding carboxylic acids is 2. The summed E-state index contributed by atoms with van der Waals surface area (Å²) in [5, 5.41) is 5.33. The van der Waals surface area contributed by atoms with Crippen molar-refractivity contribution in [3.63, 3.8) is 0 Å². The quantitative estimate of drug-likeness (QED) is 0.772. The molecule has 0 bridgehead atoms. The summed E-state index contributed by atoms with van der Waals surface area (Å²) in [5.41, 5.74) is 0.644. The molecule has 0 saturated heterocycles. The molecular weight excluding hydrogens is 244 g/mol. The Hall–Kier alpha value is -2.04. The van der Waals surface area contributed by atoms with Gasteiger partial charge in [0.15, 0.2) is 0 Å². The van der Waals surface area contributed by atoms with E-state index < -0.39 is 0 Å². The Labute approximate surface area is 113 Å². The van der Waals surface area contributed by atoms with Crippen LogP contribution < -0.4 is 15.4 Å². The van der Waals surface area contributed by atoms with Gasteiger partial charge in [-0.05, 0) is 45.0 Å². The molecule has 0 aromatic heterocycles. The maximum Gasteiger partial charge on any atom is 0.233 e. The van der Waals surface area contributed by atoms with Crippen molar-refractivity contribution in [3.05, 3.63) is 24.3 Å². The fraction of sp³-hybridized carbons (Fsp3) is 0.429. The van der Waals surface area contributed by atoms with Gasteiger partial charge in [-0.3, -0.25) is 9.59 Å². The molecule has 5 nitrogen and oxygen atoms in total. The number of hydrogen-bond acceptors (Lipinski definition) is 3. The maximum absolute atomic E-state index is 11.6. The lowest BCUT2D eigenvalue weighted by atomic mass is 10.2. The van der Waals surface area contributed by atoms with Crippen LogP contribution in [0.4, 0.5) is 5.69 Å². The van der Waals surface area contributed by atoms with Crippen LogP contribution >= 0.6 is 0 Å². The van der Waals surface area contributed by atoms with Crippen LogP contribution in [0.15, 0.2) is 24.3 Å². The second kappa shape index (κ2) is 7.41. The summed E-state index contributed by atoms with van der Waals surface area (Å²) >= 11 is 0. The van der Waals surface area contributed by atoms with Crippen LogP contribution in [0.5, 0.6) is 5.75 Å². The first kappa shape index (κ1) is 15.0. The smallest absolute Gasteiger partial charge is 0.233 e. The molecule has 19 heavy (non-hydrogen) atoms. The summed E-state index contributed by atoms with van der Waals surface area (Å²) < 4.78 is 5.30. The van der Waals surface area contributed by atoms with Crippen molar-refractivity contribution in [3.8, 4) is 5.75 Å². The summed E-state index contributed by atoms with van der Waals surface area (Å²) in [6.07, 6.45) is -0.175. The first-order valence-corrected chi connectivity index (χ1v) is 6.33. The molecular formula is C14H20N2O3. The van der Waals surface area contributed by atoms with Crippen molar-refractivity contribution in [2.75, 3.05) is 11.9 Å². The van der Waals surface area contributed by atoms with Gasteiger partial charge in [-0.25, -0.2) is 0 Å². The zero-order valence-electron chi connectivity index (χ0n) is 11.5. The van der Waals surface area contributed by atoms with Crippen LogP contribution in [0.25, 0.3) is 0 Å². The van der Waals surface area contributed by atoms with Crippen molar-refractivity contribution in [1.29, 1.82) is 0 Å². The predicted octanol–water partition coefficient (Wildman–Crippen LogP) is 1.94. The molecule has 0 saturated carbocycles. The van der Waals surface area contributed by atoms with Gasteiger partial charge in [0.1, 0.15) is 12.2 Å². The van der Waals surface area contributed by atoms with Crippen LogP contribution in [-0.4, -0.2) is 24.5 Å². The molecule has 0 atom stereocenters. The molecule has 1 rings (SSSR count). The molecule has 5 heteroatoms. The second-order valence-corrected chi connectivity index (χ2v) is 4.40. The van der Waals surface area contributed by atoms with E-state index in [1.54, 1.807) is 24.3 Å². The fourth-order valence-corrected chi connectivity index (χ4v) is 1.53.